The third kappa shape index (κ3) is 3.00. The van der Waals surface area contributed by atoms with E-state index in [2.05, 4.69) is 36.2 Å². The molecule has 0 spiro atoms. The topological polar surface area (TPSA) is 38.9 Å². The molecule has 0 saturated heterocycles. The van der Waals surface area contributed by atoms with Gasteiger partial charge in [0, 0.05) is 16.8 Å². The second-order valence-corrected chi connectivity index (χ2v) is 4.75. The van der Waals surface area contributed by atoms with Crippen molar-refractivity contribution in [2.45, 2.75) is 17.6 Å². The minimum Gasteiger partial charge on any atom is -0.384 e. The average molecular weight is 230 g/mol. The molecule has 3 heteroatoms. The molecule has 0 radical (unpaired) electrons. The van der Waals surface area contributed by atoms with Gasteiger partial charge >= 0.3 is 0 Å². The van der Waals surface area contributed by atoms with Crippen LogP contribution in [-0.4, -0.2) is 4.98 Å². The first-order chi connectivity index (χ1) is 7.74. The lowest BCUT2D eigenvalue weighted by Crippen LogP contribution is -1.90. The molecule has 0 bridgehead atoms. The van der Waals surface area contributed by atoms with Crippen LogP contribution in [0.4, 0.5) is 5.82 Å². The fourth-order valence-electron chi connectivity index (χ4n) is 1.39. The van der Waals surface area contributed by atoms with Gasteiger partial charge in [0.1, 0.15) is 5.82 Å². The normalized spacial score (nSPS) is 10.3. The summed E-state index contributed by atoms with van der Waals surface area (Å²) in [6.07, 6.45) is 1.83. The lowest BCUT2D eigenvalue weighted by atomic mass is 10.2. The largest absolute Gasteiger partial charge is 0.384 e. The molecule has 1 aromatic heterocycles. The van der Waals surface area contributed by atoms with Crippen LogP contribution < -0.4 is 5.73 Å². The van der Waals surface area contributed by atoms with Gasteiger partial charge in [0.25, 0.3) is 0 Å². The highest BCUT2D eigenvalue weighted by Crippen LogP contribution is 2.23. The Morgan fingerprint density at radius 2 is 2.12 bits per heavy atom. The molecule has 0 aliphatic heterocycles. The molecular weight excluding hydrogens is 216 g/mol. The monoisotopic (exact) mass is 230 g/mol. The summed E-state index contributed by atoms with van der Waals surface area (Å²) < 4.78 is 0. The number of benzene rings is 1. The lowest BCUT2D eigenvalue weighted by Gasteiger charge is -2.03. The summed E-state index contributed by atoms with van der Waals surface area (Å²) in [6, 6.07) is 12.4. The van der Waals surface area contributed by atoms with Gasteiger partial charge < -0.3 is 5.73 Å². The van der Waals surface area contributed by atoms with Crippen molar-refractivity contribution in [3.8, 4) is 0 Å². The van der Waals surface area contributed by atoms with Crippen molar-refractivity contribution in [1.29, 1.82) is 0 Å². The van der Waals surface area contributed by atoms with Gasteiger partial charge in [0.2, 0.25) is 0 Å². The van der Waals surface area contributed by atoms with Gasteiger partial charge in [-0.05, 0) is 30.7 Å². The minimum absolute atomic E-state index is 0.573. The number of pyridine rings is 1. The highest BCUT2D eigenvalue weighted by atomic mass is 32.2. The zero-order valence-electron chi connectivity index (χ0n) is 9.18. The van der Waals surface area contributed by atoms with E-state index in [1.807, 2.05) is 30.1 Å². The first-order valence-electron chi connectivity index (χ1n) is 5.14. The number of hydrogen-bond donors (Lipinski definition) is 1. The van der Waals surface area contributed by atoms with Gasteiger partial charge in [-0.3, -0.25) is 0 Å². The number of aryl methyl sites for hydroxylation is 1. The smallest absolute Gasteiger partial charge is 0.123 e. The van der Waals surface area contributed by atoms with E-state index in [0.717, 1.165) is 5.75 Å². The predicted molar refractivity (Wildman–Crippen MR) is 69.4 cm³/mol. The number of rotatable bonds is 3. The maximum absolute atomic E-state index is 5.54. The summed E-state index contributed by atoms with van der Waals surface area (Å²) in [7, 11) is 0. The van der Waals surface area contributed by atoms with Crippen LogP contribution in [0.15, 0.2) is 47.5 Å². The van der Waals surface area contributed by atoms with E-state index < -0.39 is 0 Å². The van der Waals surface area contributed by atoms with Crippen molar-refractivity contribution in [2.75, 3.05) is 5.73 Å². The number of aromatic nitrogens is 1. The fourth-order valence-corrected chi connectivity index (χ4v) is 2.34. The van der Waals surface area contributed by atoms with Gasteiger partial charge in [-0.1, -0.05) is 23.8 Å². The van der Waals surface area contributed by atoms with Crippen LogP contribution in [0.2, 0.25) is 0 Å². The molecule has 0 amide bonds. The van der Waals surface area contributed by atoms with E-state index in [9.17, 15) is 0 Å². The van der Waals surface area contributed by atoms with Crippen LogP contribution in [-0.2, 0) is 5.75 Å². The lowest BCUT2D eigenvalue weighted by molar-refractivity contribution is 1.25. The minimum atomic E-state index is 0.573. The molecule has 82 valence electrons. The first-order valence-corrected chi connectivity index (χ1v) is 6.12. The Morgan fingerprint density at radius 3 is 2.81 bits per heavy atom. The van der Waals surface area contributed by atoms with Crippen LogP contribution in [0.25, 0.3) is 0 Å². The second kappa shape index (κ2) is 5.03. The van der Waals surface area contributed by atoms with Crippen molar-refractivity contribution in [2.24, 2.45) is 0 Å². The fraction of sp³-hybridized carbons (Fsp3) is 0.154. The zero-order chi connectivity index (χ0) is 11.4. The molecule has 2 nitrogen and oxygen atoms in total. The Kier molecular flexibility index (Phi) is 3.47. The predicted octanol–water partition coefficient (Wildman–Crippen LogP) is 3.26. The van der Waals surface area contributed by atoms with E-state index in [1.54, 1.807) is 0 Å². The molecule has 0 aliphatic rings. The molecule has 0 unspecified atom stereocenters. The number of nitrogens with zero attached hydrogens (tertiary/aromatic N) is 1. The summed E-state index contributed by atoms with van der Waals surface area (Å²) in [5.41, 5.74) is 8.02. The Bertz CT molecular complexity index is 466. The molecule has 2 N–H and O–H groups in total. The number of anilines is 1. The SMILES string of the molecule is Cc1cccc(SCc2ccc(N)nc2)c1. The molecule has 2 aromatic rings. The van der Waals surface area contributed by atoms with Crippen molar-refractivity contribution in [1.82, 2.24) is 4.98 Å². The highest BCUT2D eigenvalue weighted by molar-refractivity contribution is 7.98. The number of nitrogen functional groups attached to an aromatic ring is 1. The van der Waals surface area contributed by atoms with Crippen molar-refractivity contribution >= 4 is 17.6 Å². The molecule has 2 rings (SSSR count). The maximum atomic E-state index is 5.54. The van der Waals surface area contributed by atoms with Gasteiger partial charge in [0.15, 0.2) is 0 Å². The van der Waals surface area contributed by atoms with E-state index >= 15 is 0 Å². The molecule has 0 fully saturated rings. The molecule has 1 heterocycles. The molecule has 0 aliphatic carbocycles. The van der Waals surface area contributed by atoms with Gasteiger partial charge in [0.05, 0.1) is 0 Å². The van der Waals surface area contributed by atoms with E-state index in [0.29, 0.717) is 5.82 Å². The van der Waals surface area contributed by atoms with Crippen LogP contribution in [0, 0.1) is 6.92 Å². The Labute approximate surface area is 99.9 Å². The second-order valence-electron chi connectivity index (χ2n) is 3.70. The molecule has 1 aromatic carbocycles. The molecule has 0 saturated carbocycles. The van der Waals surface area contributed by atoms with Crippen LogP contribution in [0.5, 0.6) is 0 Å². The average Bonchev–Trinajstić information content (AvgIpc) is 2.28. The molecule has 0 atom stereocenters. The molecule has 16 heavy (non-hydrogen) atoms. The van der Waals surface area contributed by atoms with E-state index in [4.69, 9.17) is 5.73 Å². The van der Waals surface area contributed by atoms with Crippen molar-refractivity contribution < 1.29 is 0 Å². The number of nitrogens with two attached hydrogens (primary N) is 1. The van der Waals surface area contributed by atoms with Crippen LogP contribution in [0.1, 0.15) is 11.1 Å². The van der Waals surface area contributed by atoms with Gasteiger partial charge in [-0.2, -0.15) is 0 Å². The van der Waals surface area contributed by atoms with E-state index in [-0.39, 0.29) is 0 Å². The summed E-state index contributed by atoms with van der Waals surface area (Å²) in [4.78, 5) is 5.36. The van der Waals surface area contributed by atoms with Gasteiger partial charge in [-0.15, -0.1) is 11.8 Å². The Morgan fingerprint density at radius 1 is 1.25 bits per heavy atom. The summed E-state index contributed by atoms with van der Waals surface area (Å²) in [6.45, 7) is 2.11. The number of thioether (sulfide) groups is 1. The Hall–Kier alpha value is -1.48. The molecular formula is C13H14N2S. The standard InChI is InChI=1S/C13H14N2S/c1-10-3-2-4-12(7-10)16-9-11-5-6-13(14)15-8-11/h2-8H,9H2,1H3,(H2,14,15). The Balaban J connectivity index is 1.99. The van der Waals surface area contributed by atoms with Crippen molar-refractivity contribution in [3.63, 3.8) is 0 Å². The maximum Gasteiger partial charge on any atom is 0.123 e. The van der Waals surface area contributed by atoms with Crippen molar-refractivity contribution in [3.05, 3.63) is 53.7 Å². The summed E-state index contributed by atoms with van der Waals surface area (Å²) in [5, 5.41) is 0. The van der Waals surface area contributed by atoms with E-state index in [1.165, 1.54) is 16.0 Å². The quantitative estimate of drug-likeness (QED) is 0.822. The third-order valence-corrected chi connectivity index (χ3v) is 3.31. The summed E-state index contributed by atoms with van der Waals surface area (Å²) >= 11 is 1.81. The van der Waals surface area contributed by atoms with Crippen LogP contribution >= 0.6 is 11.8 Å². The first kappa shape index (κ1) is 11.0. The van der Waals surface area contributed by atoms with Crippen LogP contribution in [0.3, 0.4) is 0 Å². The number of hydrogen-bond acceptors (Lipinski definition) is 3. The van der Waals surface area contributed by atoms with Gasteiger partial charge in [-0.25, -0.2) is 4.98 Å². The highest BCUT2D eigenvalue weighted by Gasteiger charge is 1.97. The third-order valence-electron chi connectivity index (χ3n) is 2.24. The summed E-state index contributed by atoms with van der Waals surface area (Å²) in [5.74, 6) is 1.50. The zero-order valence-corrected chi connectivity index (χ0v) is 10.00.